The Morgan fingerprint density at radius 3 is 2.86 bits per heavy atom. The lowest BCUT2D eigenvalue weighted by atomic mass is 10.0. The Bertz CT molecular complexity index is 542. The van der Waals surface area contributed by atoms with Crippen molar-refractivity contribution in [3.05, 3.63) is 35.1 Å². The highest BCUT2D eigenvalue weighted by Crippen LogP contribution is 2.18. The highest BCUT2D eigenvalue weighted by molar-refractivity contribution is 5.97. The maximum atomic E-state index is 14.1. The van der Waals surface area contributed by atoms with Crippen molar-refractivity contribution in [1.82, 2.24) is 10.2 Å². The number of carbonyl (C=O) groups is 2. The van der Waals surface area contributed by atoms with Gasteiger partial charge in [-0.05, 0) is 37.9 Å². The van der Waals surface area contributed by atoms with Crippen molar-refractivity contribution in [3.8, 4) is 0 Å². The molecular formula is C15H20FN3O2. The van der Waals surface area contributed by atoms with E-state index in [-0.39, 0.29) is 18.2 Å². The van der Waals surface area contributed by atoms with Crippen molar-refractivity contribution in [2.75, 3.05) is 19.6 Å². The maximum Gasteiger partial charge on any atom is 0.257 e. The van der Waals surface area contributed by atoms with Gasteiger partial charge in [-0.1, -0.05) is 12.1 Å². The minimum Gasteiger partial charge on any atom is -0.368 e. The molecule has 1 atom stereocenters. The molecule has 3 N–H and O–H groups in total. The number of halogens is 1. The Hall–Kier alpha value is -1.95. The maximum absolute atomic E-state index is 14.1. The molecule has 1 aromatic rings. The molecule has 1 aliphatic heterocycles. The number of hydrogen-bond acceptors (Lipinski definition) is 3. The van der Waals surface area contributed by atoms with Crippen molar-refractivity contribution >= 4 is 11.8 Å². The highest BCUT2D eigenvalue weighted by atomic mass is 19.1. The number of nitrogens with two attached hydrogens (primary N) is 1. The zero-order chi connectivity index (χ0) is 15.4. The van der Waals surface area contributed by atoms with Crippen LogP contribution in [-0.2, 0) is 4.79 Å². The molecule has 0 spiro atoms. The van der Waals surface area contributed by atoms with Crippen LogP contribution in [0.2, 0.25) is 0 Å². The molecule has 2 amide bonds. The molecule has 0 bridgehead atoms. The van der Waals surface area contributed by atoms with E-state index in [1.54, 1.807) is 19.1 Å². The van der Waals surface area contributed by atoms with Gasteiger partial charge in [-0.15, -0.1) is 0 Å². The fourth-order valence-corrected chi connectivity index (χ4v) is 2.60. The van der Waals surface area contributed by atoms with Gasteiger partial charge in [0.05, 0.1) is 12.1 Å². The van der Waals surface area contributed by atoms with Gasteiger partial charge < -0.3 is 16.0 Å². The van der Waals surface area contributed by atoms with Gasteiger partial charge in [-0.3, -0.25) is 9.59 Å². The minimum atomic E-state index is -0.595. The Labute approximate surface area is 123 Å². The lowest BCUT2D eigenvalue weighted by Gasteiger charge is -2.34. The largest absolute Gasteiger partial charge is 0.368 e. The van der Waals surface area contributed by atoms with E-state index in [4.69, 9.17) is 5.73 Å². The standard InChI is InChI=1S/C15H20FN3O2/c1-10-4-2-6-12(14(10)16)15(21)19(9-13(17)20)11-5-3-7-18-8-11/h2,4,6,11,18H,3,5,7-9H2,1H3,(H2,17,20). The summed E-state index contributed by atoms with van der Waals surface area (Å²) in [7, 11) is 0. The van der Waals surface area contributed by atoms with Gasteiger partial charge in [0.1, 0.15) is 5.82 Å². The first kappa shape index (κ1) is 15.4. The number of nitrogens with zero attached hydrogens (tertiary/aromatic N) is 1. The van der Waals surface area contributed by atoms with Crippen LogP contribution in [0, 0.1) is 12.7 Å². The van der Waals surface area contributed by atoms with Gasteiger partial charge in [0, 0.05) is 12.6 Å². The van der Waals surface area contributed by atoms with Crippen molar-refractivity contribution in [2.45, 2.75) is 25.8 Å². The van der Waals surface area contributed by atoms with E-state index in [0.717, 1.165) is 19.4 Å². The van der Waals surface area contributed by atoms with Gasteiger partial charge in [0.2, 0.25) is 5.91 Å². The molecule has 0 saturated carbocycles. The summed E-state index contributed by atoms with van der Waals surface area (Å²) in [5.74, 6) is -1.62. The molecule has 6 heteroatoms. The number of nitrogens with one attached hydrogen (secondary N) is 1. The summed E-state index contributed by atoms with van der Waals surface area (Å²) in [5.41, 5.74) is 5.63. The molecule has 1 unspecified atom stereocenters. The molecule has 114 valence electrons. The van der Waals surface area contributed by atoms with E-state index in [0.29, 0.717) is 12.1 Å². The number of piperidine rings is 1. The molecule has 21 heavy (non-hydrogen) atoms. The molecule has 1 fully saturated rings. The average molecular weight is 293 g/mol. The second kappa shape index (κ2) is 6.67. The number of carbonyl (C=O) groups excluding carboxylic acids is 2. The van der Waals surface area contributed by atoms with Gasteiger partial charge in [-0.25, -0.2) is 4.39 Å². The average Bonchev–Trinajstić information content (AvgIpc) is 2.48. The summed E-state index contributed by atoms with van der Waals surface area (Å²) >= 11 is 0. The normalized spacial score (nSPS) is 18.3. The molecule has 1 heterocycles. The third-order valence-electron chi connectivity index (χ3n) is 3.72. The first-order valence-electron chi connectivity index (χ1n) is 7.06. The zero-order valence-electron chi connectivity index (χ0n) is 12.1. The fraction of sp³-hybridized carbons (Fsp3) is 0.467. The molecule has 0 aliphatic carbocycles. The molecule has 1 aromatic carbocycles. The summed E-state index contributed by atoms with van der Waals surface area (Å²) in [6, 6.07) is 4.54. The van der Waals surface area contributed by atoms with Crippen LogP contribution >= 0.6 is 0 Å². The number of benzene rings is 1. The number of hydrogen-bond donors (Lipinski definition) is 2. The van der Waals surface area contributed by atoms with Crippen molar-refractivity contribution in [1.29, 1.82) is 0 Å². The van der Waals surface area contributed by atoms with Crippen LogP contribution in [-0.4, -0.2) is 42.4 Å². The predicted molar refractivity (Wildman–Crippen MR) is 77.3 cm³/mol. The van der Waals surface area contributed by atoms with Crippen LogP contribution in [0.5, 0.6) is 0 Å². The van der Waals surface area contributed by atoms with E-state index in [1.165, 1.54) is 11.0 Å². The lowest BCUT2D eigenvalue weighted by molar-refractivity contribution is -0.119. The van der Waals surface area contributed by atoms with E-state index >= 15 is 0 Å². The Morgan fingerprint density at radius 1 is 1.48 bits per heavy atom. The van der Waals surface area contributed by atoms with Crippen LogP contribution in [0.4, 0.5) is 4.39 Å². The number of primary amides is 1. The molecule has 1 aliphatic rings. The molecule has 5 nitrogen and oxygen atoms in total. The minimum absolute atomic E-state index is 0.0122. The molecule has 2 rings (SSSR count). The summed E-state index contributed by atoms with van der Waals surface area (Å²) < 4.78 is 14.1. The zero-order valence-corrected chi connectivity index (χ0v) is 12.1. The third kappa shape index (κ3) is 3.58. The number of amides is 2. The van der Waals surface area contributed by atoms with Gasteiger partial charge >= 0.3 is 0 Å². The van der Waals surface area contributed by atoms with Crippen LogP contribution < -0.4 is 11.1 Å². The second-order valence-corrected chi connectivity index (χ2v) is 5.34. The fourth-order valence-electron chi connectivity index (χ4n) is 2.60. The van der Waals surface area contributed by atoms with E-state index < -0.39 is 17.6 Å². The highest BCUT2D eigenvalue weighted by Gasteiger charge is 2.29. The Kier molecular flexibility index (Phi) is 4.90. The number of rotatable bonds is 4. The topological polar surface area (TPSA) is 75.4 Å². The Balaban J connectivity index is 2.28. The van der Waals surface area contributed by atoms with Gasteiger partial charge in [0.15, 0.2) is 0 Å². The molecule has 0 aromatic heterocycles. The van der Waals surface area contributed by atoms with Crippen molar-refractivity contribution in [3.63, 3.8) is 0 Å². The Morgan fingerprint density at radius 2 is 2.24 bits per heavy atom. The van der Waals surface area contributed by atoms with E-state index in [9.17, 15) is 14.0 Å². The smallest absolute Gasteiger partial charge is 0.257 e. The third-order valence-corrected chi connectivity index (χ3v) is 3.72. The predicted octanol–water partition coefficient (Wildman–Crippen LogP) is 0.814. The lowest BCUT2D eigenvalue weighted by Crippen LogP contribution is -2.51. The summed E-state index contributed by atoms with van der Waals surface area (Å²) in [5, 5.41) is 3.18. The van der Waals surface area contributed by atoms with Crippen LogP contribution in [0.1, 0.15) is 28.8 Å². The number of aryl methyl sites for hydroxylation is 1. The molecule has 1 saturated heterocycles. The van der Waals surface area contributed by atoms with Crippen LogP contribution in [0.15, 0.2) is 18.2 Å². The van der Waals surface area contributed by atoms with Gasteiger partial charge in [-0.2, -0.15) is 0 Å². The van der Waals surface area contributed by atoms with E-state index in [2.05, 4.69) is 5.32 Å². The van der Waals surface area contributed by atoms with Crippen molar-refractivity contribution in [2.24, 2.45) is 5.73 Å². The van der Waals surface area contributed by atoms with Crippen LogP contribution in [0.3, 0.4) is 0 Å². The SMILES string of the molecule is Cc1cccc(C(=O)N(CC(N)=O)C2CCCNC2)c1F. The van der Waals surface area contributed by atoms with Crippen molar-refractivity contribution < 1.29 is 14.0 Å². The summed E-state index contributed by atoms with van der Waals surface area (Å²) in [4.78, 5) is 25.2. The monoisotopic (exact) mass is 293 g/mol. The van der Waals surface area contributed by atoms with Crippen LogP contribution in [0.25, 0.3) is 0 Å². The summed E-state index contributed by atoms with van der Waals surface area (Å²) in [6.07, 6.45) is 1.68. The molecular weight excluding hydrogens is 273 g/mol. The second-order valence-electron chi connectivity index (χ2n) is 5.34. The first-order valence-corrected chi connectivity index (χ1v) is 7.06. The van der Waals surface area contributed by atoms with Gasteiger partial charge in [0.25, 0.3) is 5.91 Å². The first-order chi connectivity index (χ1) is 10.0. The summed E-state index contributed by atoms with van der Waals surface area (Å²) in [6.45, 7) is 2.88. The van der Waals surface area contributed by atoms with E-state index in [1.807, 2.05) is 0 Å². The quantitative estimate of drug-likeness (QED) is 0.863. The molecule has 0 radical (unpaired) electrons.